The Hall–Kier alpha value is -1.36. The number of amides is 1. The van der Waals surface area contributed by atoms with E-state index in [1.54, 1.807) is 0 Å². The SMILES string of the molecule is CN1Cc2ccnn2C(CNC(=O)CC2CC2)C1. The summed E-state index contributed by atoms with van der Waals surface area (Å²) < 4.78 is 2.05. The number of hydrogen-bond donors (Lipinski definition) is 1. The Kier molecular flexibility index (Phi) is 3.07. The fourth-order valence-corrected chi connectivity index (χ4v) is 2.61. The molecule has 1 aliphatic heterocycles. The Labute approximate surface area is 107 Å². The van der Waals surface area contributed by atoms with E-state index >= 15 is 0 Å². The number of fused-ring (bicyclic) bond motifs is 1. The smallest absolute Gasteiger partial charge is 0.220 e. The molecule has 18 heavy (non-hydrogen) atoms. The Bertz CT molecular complexity index is 438. The molecular weight excluding hydrogens is 228 g/mol. The molecule has 2 heterocycles. The molecule has 0 radical (unpaired) electrons. The summed E-state index contributed by atoms with van der Waals surface area (Å²) in [7, 11) is 2.11. The van der Waals surface area contributed by atoms with E-state index in [1.807, 2.05) is 6.20 Å². The van der Waals surface area contributed by atoms with E-state index < -0.39 is 0 Å². The lowest BCUT2D eigenvalue weighted by Gasteiger charge is -2.31. The molecule has 1 saturated carbocycles. The first-order valence-electron chi connectivity index (χ1n) is 6.70. The second-order valence-corrected chi connectivity index (χ2v) is 5.57. The minimum atomic E-state index is 0.194. The molecule has 5 heteroatoms. The van der Waals surface area contributed by atoms with Crippen molar-refractivity contribution in [1.82, 2.24) is 20.0 Å². The van der Waals surface area contributed by atoms with Crippen LogP contribution in [0.1, 0.15) is 31.0 Å². The maximum atomic E-state index is 11.7. The Morgan fingerprint density at radius 3 is 3.17 bits per heavy atom. The summed E-state index contributed by atoms with van der Waals surface area (Å²) in [6.45, 7) is 2.56. The van der Waals surface area contributed by atoms with Crippen LogP contribution in [0.2, 0.25) is 0 Å². The van der Waals surface area contributed by atoms with Crippen molar-refractivity contribution in [1.29, 1.82) is 0 Å². The van der Waals surface area contributed by atoms with Gasteiger partial charge >= 0.3 is 0 Å². The molecule has 0 bridgehead atoms. The fraction of sp³-hybridized carbons (Fsp3) is 0.692. The average Bonchev–Trinajstić information content (AvgIpc) is 3.01. The zero-order valence-electron chi connectivity index (χ0n) is 10.8. The van der Waals surface area contributed by atoms with Gasteiger partial charge in [0.25, 0.3) is 0 Å². The number of rotatable bonds is 4. The molecular formula is C13H20N4O. The van der Waals surface area contributed by atoms with Crippen LogP contribution < -0.4 is 5.32 Å². The second kappa shape index (κ2) is 4.72. The zero-order valence-corrected chi connectivity index (χ0v) is 10.8. The quantitative estimate of drug-likeness (QED) is 0.857. The van der Waals surface area contributed by atoms with Crippen LogP contribution in [0.3, 0.4) is 0 Å². The van der Waals surface area contributed by atoms with Crippen LogP contribution in [0.15, 0.2) is 12.3 Å². The number of carbonyl (C=O) groups excluding carboxylic acids is 1. The van der Waals surface area contributed by atoms with E-state index in [2.05, 4.69) is 33.1 Å². The monoisotopic (exact) mass is 248 g/mol. The van der Waals surface area contributed by atoms with Gasteiger partial charge in [-0.1, -0.05) is 0 Å². The first-order valence-corrected chi connectivity index (χ1v) is 6.70. The summed E-state index contributed by atoms with van der Waals surface area (Å²) in [6, 6.07) is 2.31. The lowest BCUT2D eigenvalue weighted by molar-refractivity contribution is -0.121. The fourth-order valence-electron chi connectivity index (χ4n) is 2.61. The van der Waals surface area contributed by atoms with Crippen LogP contribution in [0.5, 0.6) is 0 Å². The summed E-state index contributed by atoms with van der Waals surface area (Å²) >= 11 is 0. The topological polar surface area (TPSA) is 50.2 Å². The van der Waals surface area contributed by atoms with Gasteiger partial charge in [-0.25, -0.2) is 0 Å². The van der Waals surface area contributed by atoms with Crippen LogP contribution in [0.4, 0.5) is 0 Å². The van der Waals surface area contributed by atoms with Crippen molar-refractivity contribution >= 4 is 5.91 Å². The molecule has 1 unspecified atom stereocenters. The molecule has 1 aromatic rings. The number of nitrogens with one attached hydrogen (secondary N) is 1. The van der Waals surface area contributed by atoms with Crippen molar-refractivity contribution in [2.24, 2.45) is 5.92 Å². The van der Waals surface area contributed by atoms with Gasteiger partial charge in [-0.15, -0.1) is 0 Å². The van der Waals surface area contributed by atoms with Gasteiger partial charge in [-0.05, 0) is 31.9 Å². The van der Waals surface area contributed by atoms with E-state index in [0.717, 1.165) is 13.1 Å². The molecule has 3 rings (SSSR count). The number of hydrogen-bond acceptors (Lipinski definition) is 3. The van der Waals surface area contributed by atoms with Crippen LogP contribution >= 0.6 is 0 Å². The van der Waals surface area contributed by atoms with Gasteiger partial charge in [0, 0.05) is 32.3 Å². The molecule has 5 nitrogen and oxygen atoms in total. The van der Waals surface area contributed by atoms with Gasteiger partial charge in [-0.3, -0.25) is 14.4 Å². The first kappa shape index (κ1) is 11.7. The number of likely N-dealkylation sites (N-methyl/N-ethyl adjacent to an activating group) is 1. The molecule has 98 valence electrons. The maximum absolute atomic E-state index is 11.7. The van der Waals surface area contributed by atoms with Gasteiger partial charge in [0.2, 0.25) is 5.91 Å². The van der Waals surface area contributed by atoms with Crippen molar-refractivity contribution in [3.05, 3.63) is 18.0 Å². The largest absolute Gasteiger partial charge is 0.354 e. The van der Waals surface area contributed by atoms with Crippen LogP contribution in [-0.4, -0.2) is 40.7 Å². The molecule has 0 saturated heterocycles. The maximum Gasteiger partial charge on any atom is 0.220 e. The minimum Gasteiger partial charge on any atom is -0.354 e. The lowest BCUT2D eigenvalue weighted by Crippen LogP contribution is -2.41. The van der Waals surface area contributed by atoms with Gasteiger partial charge in [0.15, 0.2) is 0 Å². The highest BCUT2D eigenvalue weighted by Gasteiger charge is 2.26. The third-order valence-corrected chi connectivity index (χ3v) is 3.76. The highest BCUT2D eigenvalue weighted by molar-refractivity contribution is 5.76. The van der Waals surface area contributed by atoms with Crippen molar-refractivity contribution in [3.63, 3.8) is 0 Å². The van der Waals surface area contributed by atoms with Crippen LogP contribution in [0, 0.1) is 5.92 Å². The summed E-state index contributed by atoms with van der Waals surface area (Å²) in [4.78, 5) is 14.0. The van der Waals surface area contributed by atoms with Crippen molar-refractivity contribution in [3.8, 4) is 0 Å². The summed E-state index contributed by atoms with van der Waals surface area (Å²) in [5.41, 5.74) is 1.23. The number of carbonyl (C=O) groups is 1. The van der Waals surface area contributed by atoms with Gasteiger partial charge in [0.05, 0.1) is 11.7 Å². The van der Waals surface area contributed by atoms with Crippen molar-refractivity contribution in [2.75, 3.05) is 20.1 Å². The summed E-state index contributed by atoms with van der Waals surface area (Å²) in [6.07, 6.45) is 4.99. The minimum absolute atomic E-state index is 0.194. The van der Waals surface area contributed by atoms with Gasteiger partial charge < -0.3 is 5.32 Å². The summed E-state index contributed by atoms with van der Waals surface area (Å²) in [5.74, 6) is 0.846. The molecule has 0 spiro atoms. The molecule has 1 aliphatic carbocycles. The Morgan fingerprint density at radius 1 is 1.56 bits per heavy atom. The zero-order chi connectivity index (χ0) is 12.5. The highest BCUT2D eigenvalue weighted by Crippen LogP contribution is 2.32. The number of nitrogens with zero attached hydrogens (tertiary/aromatic N) is 3. The summed E-state index contributed by atoms with van der Waals surface area (Å²) in [5, 5.41) is 7.41. The predicted octanol–water partition coefficient (Wildman–Crippen LogP) is 0.786. The number of aromatic nitrogens is 2. The molecule has 1 atom stereocenters. The predicted molar refractivity (Wildman–Crippen MR) is 67.9 cm³/mol. The van der Waals surface area contributed by atoms with E-state index in [-0.39, 0.29) is 11.9 Å². The molecule has 1 aromatic heterocycles. The van der Waals surface area contributed by atoms with Crippen LogP contribution in [0.25, 0.3) is 0 Å². The normalized spacial score (nSPS) is 23.7. The third-order valence-electron chi connectivity index (χ3n) is 3.76. The Morgan fingerprint density at radius 2 is 2.39 bits per heavy atom. The molecule has 1 N–H and O–H groups in total. The lowest BCUT2D eigenvalue weighted by atomic mass is 10.2. The van der Waals surface area contributed by atoms with Gasteiger partial charge in [0.1, 0.15) is 0 Å². The highest BCUT2D eigenvalue weighted by atomic mass is 16.1. The van der Waals surface area contributed by atoms with E-state index in [9.17, 15) is 4.79 Å². The Balaban J connectivity index is 1.57. The standard InChI is InChI=1S/C13H20N4O/c1-16-8-11-4-5-15-17(11)12(9-16)7-14-13(18)6-10-2-3-10/h4-5,10,12H,2-3,6-9H2,1H3,(H,14,18). The first-order chi connectivity index (χ1) is 8.72. The second-order valence-electron chi connectivity index (χ2n) is 5.57. The third kappa shape index (κ3) is 2.56. The van der Waals surface area contributed by atoms with E-state index in [0.29, 0.717) is 18.9 Å². The molecule has 0 aromatic carbocycles. The molecule has 1 amide bonds. The van der Waals surface area contributed by atoms with Crippen molar-refractivity contribution in [2.45, 2.75) is 31.8 Å². The molecule has 2 aliphatic rings. The average molecular weight is 248 g/mol. The van der Waals surface area contributed by atoms with Crippen molar-refractivity contribution < 1.29 is 4.79 Å². The van der Waals surface area contributed by atoms with Crippen LogP contribution in [-0.2, 0) is 11.3 Å². The van der Waals surface area contributed by atoms with Gasteiger partial charge in [-0.2, -0.15) is 5.10 Å². The van der Waals surface area contributed by atoms with E-state index in [4.69, 9.17) is 0 Å². The molecule has 1 fully saturated rings. The van der Waals surface area contributed by atoms with E-state index in [1.165, 1.54) is 18.5 Å².